The van der Waals surface area contributed by atoms with E-state index in [4.69, 9.17) is 4.55 Å². The second-order valence-corrected chi connectivity index (χ2v) is 4.88. The molecule has 6 heteroatoms. The summed E-state index contributed by atoms with van der Waals surface area (Å²) in [6, 6.07) is 0. The Morgan fingerprint density at radius 1 is 1.55 bits per heavy atom. The zero-order chi connectivity index (χ0) is 8.04. The molecule has 0 atom stereocenters. The van der Waals surface area contributed by atoms with Gasteiger partial charge in [0.05, 0.1) is 0 Å². The van der Waals surface area contributed by atoms with E-state index in [9.17, 15) is 8.42 Å². The van der Waals surface area contributed by atoms with Gasteiger partial charge in [0.25, 0.3) is 10.1 Å². The van der Waals surface area contributed by atoms with Crippen LogP contribution in [0.5, 0.6) is 0 Å². The third-order valence-corrected chi connectivity index (χ3v) is 3.31. The molecular formula is C5H13O3RbS2. The Kier molecular flexibility index (Phi) is 12.2. The van der Waals surface area contributed by atoms with Gasteiger partial charge in [-0.15, -0.1) is 11.8 Å². The fourth-order valence-electron chi connectivity index (χ4n) is 0.411. The predicted octanol–water partition coefficient (Wildman–Crippen LogP) is -1.52. The topological polar surface area (TPSA) is 54.4 Å². The van der Waals surface area contributed by atoms with Gasteiger partial charge >= 0.3 is 58.2 Å². The van der Waals surface area contributed by atoms with Gasteiger partial charge in [0, 0.05) is 0 Å². The molecule has 0 aliphatic heterocycles. The standard InChI is InChI=1S/C5H12O3S2.Rb.H/c1-2-3-4-9-5-10(6,7)8;;/h2-5H2,1H3,(H,6,7,8);;/q;+1;-1. The van der Waals surface area contributed by atoms with Gasteiger partial charge in [-0.3, -0.25) is 4.55 Å². The fraction of sp³-hybridized carbons (Fsp3) is 1.00. The van der Waals surface area contributed by atoms with Crippen molar-refractivity contribution in [1.82, 2.24) is 0 Å². The van der Waals surface area contributed by atoms with Crippen LogP contribution < -0.4 is 58.2 Å². The van der Waals surface area contributed by atoms with E-state index < -0.39 is 10.1 Å². The average molecular weight is 271 g/mol. The van der Waals surface area contributed by atoms with Crippen LogP contribution in [0.1, 0.15) is 21.2 Å². The summed E-state index contributed by atoms with van der Waals surface area (Å²) < 4.78 is 28.5. The van der Waals surface area contributed by atoms with E-state index in [1.165, 1.54) is 11.8 Å². The molecule has 64 valence electrons. The van der Waals surface area contributed by atoms with Crippen molar-refractivity contribution in [3.63, 3.8) is 0 Å². The average Bonchev–Trinajstić information content (AvgIpc) is 1.78. The maximum Gasteiger partial charge on any atom is 1.00 e. The van der Waals surface area contributed by atoms with Gasteiger partial charge in [-0.25, -0.2) is 0 Å². The van der Waals surface area contributed by atoms with Gasteiger partial charge in [0.15, 0.2) is 0 Å². The molecule has 0 rings (SSSR count). The minimum atomic E-state index is -3.74. The molecule has 0 saturated heterocycles. The van der Waals surface area contributed by atoms with E-state index in [0.29, 0.717) is 0 Å². The minimum Gasteiger partial charge on any atom is -1.00 e. The maximum atomic E-state index is 10.1. The van der Waals surface area contributed by atoms with Crippen molar-refractivity contribution in [2.75, 3.05) is 10.8 Å². The molecule has 0 aromatic carbocycles. The first-order valence-electron chi connectivity index (χ1n) is 3.09. The molecule has 0 aliphatic rings. The Balaban J connectivity index is -0.000000405. The number of hydrogen-bond acceptors (Lipinski definition) is 3. The molecule has 3 nitrogen and oxygen atoms in total. The summed E-state index contributed by atoms with van der Waals surface area (Å²) in [7, 11) is -3.74. The van der Waals surface area contributed by atoms with Crippen LogP contribution >= 0.6 is 11.8 Å². The smallest absolute Gasteiger partial charge is 1.00 e. The summed E-state index contributed by atoms with van der Waals surface area (Å²) in [5.74, 6) is 0.802. The van der Waals surface area contributed by atoms with E-state index in [1.807, 2.05) is 6.92 Å². The molecule has 0 bridgehead atoms. The van der Waals surface area contributed by atoms with Gasteiger partial charge in [-0.2, -0.15) is 8.42 Å². The molecule has 0 spiro atoms. The molecule has 0 radical (unpaired) electrons. The van der Waals surface area contributed by atoms with E-state index in [-0.39, 0.29) is 64.7 Å². The molecule has 1 N–H and O–H groups in total. The second kappa shape index (κ2) is 8.65. The Labute approximate surface area is 123 Å². The Bertz CT molecular complexity index is 172. The second-order valence-electron chi connectivity index (χ2n) is 1.96. The van der Waals surface area contributed by atoms with Crippen molar-refractivity contribution >= 4 is 21.9 Å². The predicted molar refractivity (Wildman–Crippen MR) is 44.9 cm³/mol. The van der Waals surface area contributed by atoms with Crippen molar-refractivity contribution in [3.8, 4) is 0 Å². The molecule has 0 saturated carbocycles. The van der Waals surface area contributed by atoms with Crippen LogP contribution in [0, 0.1) is 0 Å². The summed E-state index contributed by atoms with van der Waals surface area (Å²) in [5, 5.41) is -0.174. The quantitative estimate of drug-likeness (QED) is 0.487. The molecule has 0 heterocycles. The molecule has 0 aromatic rings. The van der Waals surface area contributed by atoms with Crippen LogP contribution in [0.3, 0.4) is 0 Å². The van der Waals surface area contributed by atoms with Crippen LogP contribution in [0.15, 0.2) is 0 Å². The first-order valence-corrected chi connectivity index (χ1v) is 5.85. The fourth-order valence-corrected chi connectivity index (χ4v) is 2.22. The van der Waals surface area contributed by atoms with Crippen molar-refractivity contribution < 1.29 is 72.6 Å². The monoisotopic (exact) mass is 270 g/mol. The van der Waals surface area contributed by atoms with Gasteiger partial charge in [0.2, 0.25) is 0 Å². The van der Waals surface area contributed by atoms with Crippen molar-refractivity contribution in [3.05, 3.63) is 0 Å². The van der Waals surface area contributed by atoms with Crippen LogP contribution in [0.25, 0.3) is 0 Å². The number of unbranched alkanes of at least 4 members (excludes halogenated alkanes) is 1. The first kappa shape index (κ1) is 15.5. The SMILES string of the molecule is CCCCSCS(=O)(=O)O.[H-].[Rb+]. The normalized spacial score (nSPS) is 10.7. The minimum absolute atomic E-state index is 0. The molecule has 0 fully saturated rings. The molecule has 11 heavy (non-hydrogen) atoms. The van der Waals surface area contributed by atoms with Gasteiger partial charge < -0.3 is 1.43 Å². The summed E-state index contributed by atoms with van der Waals surface area (Å²) in [6.07, 6.45) is 2.05. The Hall–Kier alpha value is 2.07. The summed E-state index contributed by atoms with van der Waals surface area (Å²) in [6.45, 7) is 2.04. The van der Waals surface area contributed by atoms with Crippen molar-refractivity contribution in [2.45, 2.75) is 19.8 Å². The van der Waals surface area contributed by atoms with E-state index >= 15 is 0 Å². The van der Waals surface area contributed by atoms with Gasteiger partial charge in [0.1, 0.15) is 5.08 Å². The van der Waals surface area contributed by atoms with Crippen LogP contribution in [0.4, 0.5) is 0 Å². The Morgan fingerprint density at radius 2 is 2.09 bits per heavy atom. The maximum absolute atomic E-state index is 10.1. The molecule has 0 aromatic heterocycles. The summed E-state index contributed by atoms with van der Waals surface area (Å²) >= 11 is 1.25. The number of hydrogen-bond donors (Lipinski definition) is 1. The van der Waals surface area contributed by atoms with Gasteiger partial charge in [-0.1, -0.05) is 13.3 Å². The van der Waals surface area contributed by atoms with Crippen molar-refractivity contribution in [1.29, 1.82) is 0 Å². The zero-order valence-corrected chi connectivity index (χ0v) is 13.5. The number of thioether (sulfide) groups is 1. The summed E-state index contributed by atoms with van der Waals surface area (Å²) in [4.78, 5) is 0. The van der Waals surface area contributed by atoms with E-state index in [0.717, 1.165) is 18.6 Å². The molecule has 0 aliphatic carbocycles. The van der Waals surface area contributed by atoms with Crippen LogP contribution in [-0.4, -0.2) is 23.8 Å². The van der Waals surface area contributed by atoms with Crippen LogP contribution in [-0.2, 0) is 10.1 Å². The summed E-state index contributed by atoms with van der Waals surface area (Å²) in [5.41, 5.74) is 0. The van der Waals surface area contributed by atoms with E-state index in [2.05, 4.69) is 0 Å². The molecular weight excluding hydrogens is 258 g/mol. The largest absolute Gasteiger partial charge is 1.00 e. The third-order valence-electron chi connectivity index (χ3n) is 0.874. The molecule has 0 unspecified atom stereocenters. The van der Waals surface area contributed by atoms with Gasteiger partial charge in [-0.05, 0) is 12.2 Å². The Morgan fingerprint density at radius 3 is 2.45 bits per heavy atom. The number of rotatable bonds is 5. The van der Waals surface area contributed by atoms with E-state index in [1.54, 1.807) is 0 Å². The molecule has 0 amide bonds. The third kappa shape index (κ3) is 14.9. The van der Waals surface area contributed by atoms with Crippen LogP contribution in [0.2, 0.25) is 0 Å². The first-order chi connectivity index (χ1) is 4.56. The van der Waals surface area contributed by atoms with Crippen molar-refractivity contribution in [2.24, 2.45) is 0 Å². The zero-order valence-electron chi connectivity index (χ0n) is 7.91.